The number of benzene rings is 4. The lowest BCUT2D eigenvalue weighted by Crippen LogP contribution is -2.14. The van der Waals surface area contributed by atoms with Gasteiger partial charge in [0, 0.05) is 47.1 Å². The molecular formula is C43H58N8O5S2. The molecule has 0 saturated heterocycles. The summed E-state index contributed by atoms with van der Waals surface area (Å²) in [7, 11) is -2.35. The van der Waals surface area contributed by atoms with E-state index in [0.717, 1.165) is 12.1 Å². The van der Waals surface area contributed by atoms with E-state index in [1.807, 2.05) is 24.3 Å². The van der Waals surface area contributed by atoms with E-state index in [4.69, 9.17) is 4.74 Å². The Morgan fingerprint density at radius 1 is 0.810 bits per heavy atom. The molecule has 5 N–H and O–H groups in total. The molecular weight excluding hydrogens is 773 g/mol. The van der Waals surface area contributed by atoms with Crippen LogP contribution in [0.1, 0.15) is 104 Å². The van der Waals surface area contributed by atoms with Gasteiger partial charge < -0.3 is 25.8 Å². The van der Waals surface area contributed by atoms with E-state index in [1.54, 1.807) is 55.1 Å². The van der Waals surface area contributed by atoms with E-state index in [9.17, 15) is 18.3 Å². The van der Waals surface area contributed by atoms with Gasteiger partial charge in [0.25, 0.3) is 10.0 Å². The third kappa shape index (κ3) is 12.8. The molecule has 312 valence electrons. The lowest BCUT2D eigenvalue weighted by Gasteiger charge is -2.17. The van der Waals surface area contributed by atoms with Crippen molar-refractivity contribution >= 4 is 61.2 Å². The van der Waals surface area contributed by atoms with Crippen LogP contribution in [0.4, 0.5) is 22.7 Å². The quantitative estimate of drug-likeness (QED) is 0.0204. The van der Waals surface area contributed by atoms with Crippen LogP contribution in [0.5, 0.6) is 5.75 Å². The van der Waals surface area contributed by atoms with Gasteiger partial charge >= 0.3 is 0 Å². The van der Waals surface area contributed by atoms with Crippen LogP contribution in [0, 0.1) is 0 Å². The molecule has 15 heteroatoms. The molecule has 13 nitrogen and oxygen atoms in total. The largest absolute Gasteiger partial charge is 0.505 e. The fourth-order valence-electron chi connectivity index (χ4n) is 6.63. The monoisotopic (exact) mass is 830 g/mol. The first-order chi connectivity index (χ1) is 28.2. The molecule has 0 aliphatic carbocycles. The van der Waals surface area contributed by atoms with Crippen LogP contribution in [0.3, 0.4) is 0 Å². The van der Waals surface area contributed by atoms with Crippen molar-refractivity contribution in [3.63, 3.8) is 0 Å². The third-order valence-corrected chi connectivity index (χ3v) is 12.2. The van der Waals surface area contributed by atoms with Crippen molar-refractivity contribution < 1.29 is 23.1 Å². The molecule has 0 bridgehead atoms. The lowest BCUT2D eigenvalue weighted by molar-refractivity contribution is -0.115. The number of sulfonamides is 1. The van der Waals surface area contributed by atoms with Gasteiger partial charge in [0.2, 0.25) is 11.1 Å². The Balaban J connectivity index is 1.23. The summed E-state index contributed by atoms with van der Waals surface area (Å²) >= 11 is 1.17. The molecule has 1 heterocycles. The number of nitrogens with zero attached hydrogens (tertiary/aromatic N) is 4. The van der Waals surface area contributed by atoms with E-state index < -0.39 is 10.0 Å². The van der Waals surface area contributed by atoms with Crippen LogP contribution in [-0.2, 0) is 19.6 Å². The molecule has 0 radical (unpaired) electrons. The van der Waals surface area contributed by atoms with Gasteiger partial charge in [0.05, 0.1) is 22.0 Å². The van der Waals surface area contributed by atoms with E-state index in [1.165, 1.54) is 101 Å². The number of phenols is 1. The van der Waals surface area contributed by atoms with E-state index in [-0.39, 0.29) is 34.3 Å². The predicted molar refractivity (Wildman–Crippen MR) is 235 cm³/mol. The molecule has 0 saturated carbocycles. The number of rotatable bonds is 26. The van der Waals surface area contributed by atoms with Gasteiger partial charge in [-0.1, -0.05) is 115 Å². The van der Waals surface area contributed by atoms with Gasteiger partial charge in [-0.3, -0.25) is 9.52 Å². The number of amides is 1. The van der Waals surface area contributed by atoms with Crippen molar-refractivity contribution in [3.05, 3.63) is 72.8 Å². The van der Waals surface area contributed by atoms with Crippen LogP contribution >= 0.6 is 11.8 Å². The number of aromatic nitrogens is 4. The zero-order valence-electron chi connectivity index (χ0n) is 33.9. The Morgan fingerprint density at radius 2 is 1.48 bits per heavy atom. The zero-order chi connectivity index (χ0) is 41.2. The molecule has 58 heavy (non-hydrogen) atoms. The van der Waals surface area contributed by atoms with Crippen molar-refractivity contribution in [3.8, 4) is 11.4 Å². The SMILES string of the molecule is CCCCCCCCCCCCCCCOCNc1cccc(-n2nnnc2Sc2cc(NC(=O)CC)c(O)c3cccc(NS(=O)(=O)c4cccc(NC)c4)c23)c1. The highest BCUT2D eigenvalue weighted by Crippen LogP contribution is 2.45. The maximum Gasteiger partial charge on any atom is 0.261 e. The molecule has 1 aromatic heterocycles. The highest BCUT2D eigenvalue weighted by Gasteiger charge is 2.23. The fraction of sp³-hybridized carbons (Fsp3) is 0.442. The van der Waals surface area contributed by atoms with Crippen molar-refractivity contribution in [1.29, 1.82) is 0 Å². The second-order valence-electron chi connectivity index (χ2n) is 14.3. The molecule has 5 aromatic rings. The third-order valence-electron chi connectivity index (χ3n) is 9.87. The number of fused-ring (bicyclic) bond motifs is 1. The average Bonchev–Trinajstić information content (AvgIpc) is 3.70. The molecule has 0 unspecified atom stereocenters. The van der Waals surface area contributed by atoms with Gasteiger partial charge in [0.1, 0.15) is 12.5 Å². The number of unbranched alkanes of at least 4 members (excludes halogenated alkanes) is 12. The van der Waals surface area contributed by atoms with Crippen molar-refractivity contribution in [2.75, 3.05) is 41.1 Å². The number of carbonyl (C=O) groups is 1. The number of hydrogen-bond donors (Lipinski definition) is 5. The number of nitrogens with one attached hydrogen (secondary N) is 4. The van der Waals surface area contributed by atoms with Gasteiger partial charge in [-0.2, -0.15) is 4.68 Å². The van der Waals surface area contributed by atoms with E-state index in [2.05, 4.69) is 43.1 Å². The molecule has 1 amide bonds. The van der Waals surface area contributed by atoms with Crippen LogP contribution in [0.15, 0.2) is 87.7 Å². The molecule has 5 rings (SSSR count). The highest BCUT2D eigenvalue weighted by molar-refractivity contribution is 7.99. The van der Waals surface area contributed by atoms with Gasteiger partial charge in [-0.15, -0.1) is 5.10 Å². The molecule has 0 aliphatic heterocycles. The normalized spacial score (nSPS) is 11.5. The van der Waals surface area contributed by atoms with Crippen LogP contribution < -0.4 is 20.7 Å². The minimum Gasteiger partial charge on any atom is -0.505 e. The highest BCUT2D eigenvalue weighted by atomic mass is 32.2. The Bertz CT molecular complexity index is 2180. The van der Waals surface area contributed by atoms with Crippen molar-refractivity contribution in [2.24, 2.45) is 0 Å². The van der Waals surface area contributed by atoms with E-state index >= 15 is 0 Å². The van der Waals surface area contributed by atoms with Gasteiger partial charge in [0.15, 0.2) is 0 Å². The standard InChI is InChI=1S/C43H58N8O5S2/c1-4-6-7-8-9-10-11-12-13-14-15-16-17-27-56-31-45-33-22-18-23-34(28-33)51-43(47-49-50-51)57-39-30-38(46-40(52)5-2)42(53)36-25-20-26-37(41(36)39)48-58(54,55)35-24-19-21-32(29-35)44-3/h18-26,28-30,44-45,48,53H,4-17,27,31H2,1-3H3,(H,46,52). The summed E-state index contributed by atoms with van der Waals surface area (Å²) in [6, 6.07) is 20.6. The topological polar surface area (TPSA) is 172 Å². The molecule has 0 atom stereocenters. The second kappa shape index (κ2) is 22.9. The molecule has 4 aromatic carbocycles. The summed E-state index contributed by atoms with van der Waals surface area (Å²) in [6.07, 6.45) is 17.2. The Hall–Kier alpha value is -4.86. The van der Waals surface area contributed by atoms with Crippen LogP contribution in [0.2, 0.25) is 0 Å². The van der Waals surface area contributed by atoms with Crippen LogP contribution in [-0.4, -0.2) is 60.0 Å². The first-order valence-corrected chi connectivity index (χ1v) is 22.8. The predicted octanol–water partition coefficient (Wildman–Crippen LogP) is 10.3. The van der Waals surface area contributed by atoms with Gasteiger partial charge in [-0.25, -0.2) is 8.42 Å². The Kier molecular flexibility index (Phi) is 17.5. The molecule has 0 fully saturated rings. The zero-order valence-corrected chi connectivity index (χ0v) is 35.6. The molecule has 0 spiro atoms. The summed E-state index contributed by atoms with van der Waals surface area (Å²) < 4.78 is 37.5. The number of phenolic OH excluding ortho intramolecular Hbond substituents is 1. The first-order valence-electron chi connectivity index (χ1n) is 20.5. The van der Waals surface area contributed by atoms with Gasteiger partial charge in [-0.05, 0) is 77.1 Å². The number of tetrazole rings is 1. The van der Waals surface area contributed by atoms with Crippen molar-refractivity contribution in [1.82, 2.24) is 20.2 Å². The lowest BCUT2D eigenvalue weighted by atomic mass is 10.0. The maximum absolute atomic E-state index is 13.7. The second-order valence-corrected chi connectivity index (χ2v) is 17.0. The summed E-state index contributed by atoms with van der Waals surface area (Å²) in [6.45, 7) is 5.03. The summed E-state index contributed by atoms with van der Waals surface area (Å²) in [4.78, 5) is 13.0. The minimum absolute atomic E-state index is 0.0593. The summed E-state index contributed by atoms with van der Waals surface area (Å²) in [5, 5.41) is 34.0. The molecule has 0 aliphatic rings. The van der Waals surface area contributed by atoms with Crippen LogP contribution in [0.25, 0.3) is 16.5 Å². The summed E-state index contributed by atoms with van der Waals surface area (Å²) in [5.41, 5.74) is 2.54. The number of aromatic hydroxyl groups is 1. The average molecular weight is 831 g/mol. The number of anilines is 4. The minimum atomic E-state index is -4.06. The van der Waals surface area contributed by atoms with Crippen molar-refractivity contribution in [2.45, 2.75) is 119 Å². The Labute approximate surface area is 347 Å². The first kappa shape index (κ1) is 44.2. The van der Waals surface area contributed by atoms with E-state index in [0.29, 0.717) is 45.5 Å². The number of hydrogen-bond acceptors (Lipinski definition) is 11. The summed E-state index contributed by atoms with van der Waals surface area (Å²) in [5.74, 6) is -0.497. The Morgan fingerprint density at radius 3 is 2.19 bits per heavy atom. The number of ether oxygens (including phenoxy) is 1. The maximum atomic E-state index is 13.7. The fourth-order valence-corrected chi connectivity index (χ4v) is 8.75. The number of carbonyl (C=O) groups excluding carboxylic acids is 1. The smallest absolute Gasteiger partial charge is 0.261 e.